The van der Waals surface area contributed by atoms with Crippen LogP contribution in [-0.4, -0.2) is 12.1 Å². The Hall–Kier alpha value is -1.31. The van der Waals surface area contributed by atoms with Crippen molar-refractivity contribution >= 4 is 5.97 Å². The third kappa shape index (κ3) is 5.03. The first-order valence-corrected chi connectivity index (χ1v) is 6.13. The van der Waals surface area contributed by atoms with E-state index in [1.807, 2.05) is 37.3 Å². The van der Waals surface area contributed by atoms with Gasteiger partial charge < -0.3 is 4.74 Å². The number of hydrogen-bond acceptors (Lipinski definition) is 2. The maximum absolute atomic E-state index is 11.7. The molecule has 94 valence electrons. The van der Waals surface area contributed by atoms with Crippen molar-refractivity contribution in [1.82, 2.24) is 0 Å². The highest BCUT2D eigenvalue weighted by atomic mass is 16.5. The molecular formula is C15H22O2. The molecule has 0 saturated carbocycles. The van der Waals surface area contributed by atoms with E-state index in [0.29, 0.717) is 6.42 Å². The Morgan fingerprint density at radius 1 is 1.24 bits per heavy atom. The summed E-state index contributed by atoms with van der Waals surface area (Å²) in [7, 11) is 0. The molecule has 0 fully saturated rings. The predicted molar refractivity (Wildman–Crippen MR) is 69.8 cm³/mol. The van der Waals surface area contributed by atoms with Crippen LogP contribution in [0.2, 0.25) is 0 Å². The number of rotatable bonds is 4. The summed E-state index contributed by atoms with van der Waals surface area (Å²) < 4.78 is 5.40. The largest absolute Gasteiger partial charge is 0.462 e. The Morgan fingerprint density at radius 3 is 2.35 bits per heavy atom. The van der Waals surface area contributed by atoms with Crippen LogP contribution in [0.1, 0.15) is 39.7 Å². The highest BCUT2D eigenvalue weighted by molar-refractivity contribution is 5.69. The van der Waals surface area contributed by atoms with Gasteiger partial charge in [-0.25, -0.2) is 0 Å². The molecule has 0 radical (unpaired) electrons. The normalized spacial score (nSPS) is 13.2. The van der Waals surface area contributed by atoms with Crippen molar-refractivity contribution in [2.75, 3.05) is 0 Å². The molecule has 0 saturated heterocycles. The van der Waals surface area contributed by atoms with Crippen LogP contribution in [0, 0.1) is 5.41 Å². The monoisotopic (exact) mass is 234 g/mol. The van der Waals surface area contributed by atoms with Crippen molar-refractivity contribution < 1.29 is 9.53 Å². The maximum Gasteiger partial charge on any atom is 0.306 e. The molecule has 1 rings (SSSR count). The molecule has 0 amide bonds. The van der Waals surface area contributed by atoms with E-state index in [0.717, 1.165) is 6.42 Å². The average Bonchev–Trinajstić information content (AvgIpc) is 2.26. The van der Waals surface area contributed by atoms with Crippen LogP contribution in [0.5, 0.6) is 0 Å². The zero-order valence-electron chi connectivity index (χ0n) is 11.2. The molecule has 0 heterocycles. The van der Waals surface area contributed by atoms with E-state index in [9.17, 15) is 4.79 Å². The molecule has 0 unspecified atom stereocenters. The zero-order chi connectivity index (χ0) is 12.9. The van der Waals surface area contributed by atoms with Gasteiger partial charge in [0.1, 0.15) is 6.10 Å². The Morgan fingerprint density at radius 2 is 1.82 bits per heavy atom. The molecule has 17 heavy (non-hydrogen) atoms. The molecule has 1 aromatic rings. The number of ether oxygens (including phenoxy) is 1. The molecule has 0 aliphatic rings. The van der Waals surface area contributed by atoms with E-state index in [2.05, 4.69) is 20.8 Å². The lowest BCUT2D eigenvalue weighted by molar-refractivity contribution is -0.153. The quantitative estimate of drug-likeness (QED) is 0.744. The van der Waals surface area contributed by atoms with E-state index in [4.69, 9.17) is 4.74 Å². The van der Waals surface area contributed by atoms with Gasteiger partial charge >= 0.3 is 5.97 Å². The van der Waals surface area contributed by atoms with Gasteiger partial charge in [-0.15, -0.1) is 0 Å². The summed E-state index contributed by atoms with van der Waals surface area (Å²) in [5, 5.41) is 0. The SMILES string of the molecule is C[C@@H](OC(=O)CCc1ccccc1)C(C)(C)C. The standard InChI is InChI=1S/C15H22O2/c1-12(15(2,3)4)17-14(16)11-10-13-8-6-5-7-9-13/h5-9,12H,10-11H2,1-4H3/t12-/m1/s1. The molecule has 0 N–H and O–H groups in total. The van der Waals surface area contributed by atoms with Crippen LogP contribution >= 0.6 is 0 Å². The smallest absolute Gasteiger partial charge is 0.306 e. The van der Waals surface area contributed by atoms with E-state index >= 15 is 0 Å². The van der Waals surface area contributed by atoms with Gasteiger partial charge in [-0.05, 0) is 24.3 Å². The van der Waals surface area contributed by atoms with Crippen LogP contribution < -0.4 is 0 Å². The molecular weight excluding hydrogens is 212 g/mol. The molecule has 0 aromatic heterocycles. The lowest BCUT2D eigenvalue weighted by atomic mass is 9.90. The second-order valence-electron chi connectivity index (χ2n) is 5.48. The first-order valence-electron chi connectivity index (χ1n) is 6.13. The number of carbonyl (C=O) groups excluding carboxylic acids is 1. The van der Waals surface area contributed by atoms with Crippen molar-refractivity contribution in [3.8, 4) is 0 Å². The summed E-state index contributed by atoms with van der Waals surface area (Å²) in [6, 6.07) is 10.0. The van der Waals surface area contributed by atoms with E-state index in [1.165, 1.54) is 5.56 Å². The summed E-state index contributed by atoms with van der Waals surface area (Å²) in [5.41, 5.74) is 1.18. The van der Waals surface area contributed by atoms with Gasteiger partial charge in [0, 0.05) is 6.42 Å². The minimum Gasteiger partial charge on any atom is -0.462 e. The van der Waals surface area contributed by atoms with Gasteiger partial charge in [0.2, 0.25) is 0 Å². The average molecular weight is 234 g/mol. The number of esters is 1. The van der Waals surface area contributed by atoms with E-state index in [-0.39, 0.29) is 17.5 Å². The number of aryl methyl sites for hydroxylation is 1. The van der Waals surface area contributed by atoms with Gasteiger partial charge in [-0.2, -0.15) is 0 Å². The van der Waals surface area contributed by atoms with Crippen molar-refractivity contribution in [3.63, 3.8) is 0 Å². The van der Waals surface area contributed by atoms with Crippen LogP contribution in [0.15, 0.2) is 30.3 Å². The summed E-state index contributed by atoms with van der Waals surface area (Å²) in [6.45, 7) is 8.16. The highest BCUT2D eigenvalue weighted by Crippen LogP contribution is 2.22. The topological polar surface area (TPSA) is 26.3 Å². The van der Waals surface area contributed by atoms with Gasteiger partial charge in [-0.1, -0.05) is 51.1 Å². The summed E-state index contributed by atoms with van der Waals surface area (Å²) in [6.07, 6.45) is 1.15. The van der Waals surface area contributed by atoms with Gasteiger partial charge in [0.05, 0.1) is 0 Å². The minimum absolute atomic E-state index is 0.00239. The Balaban J connectivity index is 2.36. The lowest BCUT2D eigenvalue weighted by Gasteiger charge is -2.26. The fourth-order valence-electron chi connectivity index (χ4n) is 1.32. The summed E-state index contributed by atoms with van der Waals surface area (Å²) >= 11 is 0. The number of carbonyl (C=O) groups is 1. The molecule has 0 spiro atoms. The third-order valence-corrected chi connectivity index (χ3v) is 2.99. The fourth-order valence-corrected chi connectivity index (χ4v) is 1.32. The molecule has 0 aliphatic carbocycles. The fraction of sp³-hybridized carbons (Fsp3) is 0.533. The number of hydrogen-bond donors (Lipinski definition) is 0. The molecule has 2 heteroatoms. The number of benzene rings is 1. The van der Waals surface area contributed by atoms with E-state index < -0.39 is 0 Å². The minimum atomic E-state index is -0.115. The van der Waals surface area contributed by atoms with Crippen LogP contribution in [0.25, 0.3) is 0 Å². The summed E-state index contributed by atoms with van der Waals surface area (Å²) in [4.78, 5) is 11.7. The molecule has 1 aromatic carbocycles. The second-order valence-corrected chi connectivity index (χ2v) is 5.48. The van der Waals surface area contributed by atoms with Crippen molar-refractivity contribution in [2.45, 2.75) is 46.6 Å². The van der Waals surface area contributed by atoms with Crippen LogP contribution in [0.3, 0.4) is 0 Å². The van der Waals surface area contributed by atoms with Crippen molar-refractivity contribution in [1.29, 1.82) is 0 Å². The maximum atomic E-state index is 11.7. The first-order chi connectivity index (χ1) is 7.89. The highest BCUT2D eigenvalue weighted by Gasteiger charge is 2.23. The van der Waals surface area contributed by atoms with Crippen molar-refractivity contribution in [2.24, 2.45) is 5.41 Å². The van der Waals surface area contributed by atoms with E-state index in [1.54, 1.807) is 0 Å². The Labute approximate surface area is 104 Å². The third-order valence-electron chi connectivity index (χ3n) is 2.99. The zero-order valence-corrected chi connectivity index (χ0v) is 11.2. The Kier molecular flexibility index (Phi) is 4.73. The van der Waals surface area contributed by atoms with Gasteiger partial charge in [0.15, 0.2) is 0 Å². The predicted octanol–water partition coefficient (Wildman–Crippen LogP) is 3.60. The Bertz CT molecular complexity index is 349. The molecule has 0 aliphatic heterocycles. The molecule has 1 atom stereocenters. The second kappa shape index (κ2) is 5.85. The van der Waals surface area contributed by atoms with Gasteiger partial charge in [-0.3, -0.25) is 4.79 Å². The lowest BCUT2D eigenvalue weighted by Crippen LogP contribution is -2.28. The first kappa shape index (κ1) is 13.8. The molecule has 0 bridgehead atoms. The van der Waals surface area contributed by atoms with Crippen LogP contribution in [0.4, 0.5) is 0 Å². The van der Waals surface area contributed by atoms with Crippen LogP contribution in [-0.2, 0) is 16.0 Å². The summed E-state index contributed by atoms with van der Waals surface area (Å²) in [5.74, 6) is -0.115. The molecule has 2 nitrogen and oxygen atoms in total. The van der Waals surface area contributed by atoms with Gasteiger partial charge in [0.25, 0.3) is 0 Å². The van der Waals surface area contributed by atoms with Crippen molar-refractivity contribution in [3.05, 3.63) is 35.9 Å².